The lowest BCUT2D eigenvalue weighted by Crippen LogP contribution is -2.48. The lowest BCUT2D eigenvalue weighted by Gasteiger charge is -2.32. The second-order valence-corrected chi connectivity index (χ2v) is 7.05. The first-order valence-corrected chi connectivity index (χ1v) is 7.99. The Bertz CT molecular complexity index is 366. The summed E-state index contributed by atoms with van der Waals surface area (Å²) in [4.78, 5) is 4.04. The van der Waals surface area contributed by atoms with Gasteiger partial charge in [0, 0.05) is 33.4 Å². The van der Waals surface area contributed by atoms with Gasteiger partial charge in [-0.05, 0) is 54.9 Å². The fraction of sp³-hybridized carbons (Fsp3) is 0.692. The summed E-state index contributed by atoms with van der Waals surface area (Å²) < 4.78 is 1.21. The van der Waals surface area contributed by atoms with Crippen LogP contribution in [0.25, 0.3) is 0 Å². The molecule has 17 heavy (non-hydrogen) atoms. The largest absolute Gasteiger partial charge is 0.310 e. The molecule has 1 aromatic rings. The lowest BCUT2D eigenvalue weighted by molar-refractivity contribution is 0.210. The van der Waals surface area contributed by atoms with Gasteiger partial charge in [0.1, 0.15) is 0 Å². The zero-order valence-electron chi connectivity index (χ0n) is 10.6. The zero-order chi connectivity index (χ0) is 12.3. The van der Waals surface area contributed by atoms with Crippen LogP contribution in [0.4, 0.5) is 0 Å². The van der Waals surface area contributed by atoms with E-state index < -0.39 is 0 Å². The van der Waals surface area contributed by atoms with E-state index >= 15 is 0 Å². The predicted molar refractivity (Wildman–Crippen MR) is 78.6 cm³/mol. The SMILES string of the molecule is CCC1(C)CN(Cc2cc(Br)cs2)CCCN1. The van der Waals surface area contributed by atoms with Crippen molar-refractivity contribution in [2.24, 2.45) is 0 Å². The summed E-state index contributed by atoms with van der Waals surface area (Å²) in [5, 5.41) is 5.85. The van der Waals surface area contributed by atoms with Crippen LogP contribution in [0, 0.1) is 0 Å². The van der Waals surface area contributed by atoms with Crippen molar-refractivity contribution in [3.05, 3.63) is 20.8 Å². The van der Waals surface area contributed by atoms with Gasteiger partial charge in [0.2, 0.25) is 0 Å². The van der Waals surface area contributed by atoms with Crippen LogP contribution in [-0.2, 0) is 6.54 Å². The summed E-state index contributed by atoms with van der Waals surface area (Å²) in [5.74, 6) is 0. The first-order chi connectivity index (χ1) is 8.11. The summed E-state index contributed by atoms with van der Waals surface area (Å²) in [6, 6.07) is 2.24. The van der Waals surface area contributed by atoms with E-state index in [9.17, 15) is 0 Å². The average Bonchev–Trinajstić information content (AvgIpc) is 2.59. The molecule has 0 amide bonds. The molecule has 1 saturated heterocycles. The second-order valence-electron chi connectivity index (χ2n) is 5.14. The molecule has 1 aliphatic heterocycles. The third-order valence-electron chi connectivity index (χ3n) is 3.56. The maximum Gasteiger partial charge on any atom is 0.0329 e. The maximum absolute atomic E-state index is 3.68. The van der Waals surface area contributed by atoms with Crippen LogP contribution in [0.1, 0.15) is 31.6 Å². The molecule has 2 rings (SSSR count). The number of nitrogens with one attached hydrogen (secondary N) is 1. The van der Waals surface area contributed by atoms with E-state index in [1.54, 1.807) is 0 Å². The second kappa shape index (κ2) is 5.83. The van der Waals surface area contributed by atoms with Crippen LogP contribution in [-0.4, -0.2) is 30.1 Å². The van der Waals surface area contributed by atoms with Gasteiger partial charge in [-0.2, -0.15) is 0 Å². The minimum absolute atomic E-state index is 0.283. The number of hydrogen-bond acceptors (Lipinski definition) is 3. The third kappa shape index (κ3) is 3.78. The van der Waals surface area contributed by atoms with E-state index in [-0.39, 0.29) is 5.54 Å². The number of rotatable bonds is 3. The average molecular weight is 317 g/mol. The van der Waals surface area contributed by atoms with Crippen LogP contribution in [0.15, 0.2) is 15.9 Å². The van der Waals surface area contributed by atoms with Crippen LogP contribution in [0.5, 0.6) is 0 Å². The zero-order valence-corrected chi connectivity index (χ0v) is 13.0. The van der Waals surface area contributed by atoms with Crippen molar-refractivity contribution in [2.45, 2.75) is 38.8 Å². The Hall–Kier alpha value is 0.1000. The van der Waals surface area contributed by atoms with Crippen LogP contribution < -0.4 is 5.32 Å². The van der Waals surface area contributed by atoms with Gasteiger partial charge >= 0.3 is 0 Å². The van der Waals surface area contributed by atoms with Crippen molar-refractivity contribution in [2.75, 3.05) is 19.6 Å². The minimum atomic E-state index is 0.283. The molecule has 0 bridgehead atoms. The van der Waals surface area contributed by atoms with Gasteiger partial charge in [0.05, 0.1) is 0 Å². The highest BCUT2D eigenvalue weighted by Gasteiger charge is 2.27. The molecule has 0 aromatic carbocycles. The Balaban J connectivity index is 1.99. The highest BCUT2D eigenvalue weighted by Crippen LogP contribution is 2.23. The van der Waals surface area contributed by atoms with E-state index in [4.69, 9.17) is 0 Å². The van der Waals surface area contributed by atoms with Gasteiger partial charge in [-0.1, -0.05) is 6.92 Å². The predicted octanol–water partition coefficient (Wildman–Crippen LogP) is 3.47. The molecule has 2 nitrogen and oxygen atoms in total. The van der Waals surface area contributed by atoms with E-state index in [1.165, 1.54) is 28.7 Å². The Morgan fingerprint density at radius 2 is 2.41 bits per heavy atom. The first kappa shape index (κ1) is 13.5. The Morgan fingerprint density at radius 3 is 3.06 bits per heavy atom. The van der Waals surface area contributed by atoms with E-state index in [0.717, 1.165) is 19.6 Å². The monoisotopic (exact) mass is 316 g/mol. The molecule has 1 atom stereocenters. The number of halogens is 1. The van der Waals surface area contributed by atoms with Crippen LogP contribution >= 0.6 is 27.3 Å². The summed E-state index contributed by atoms with van der Waals surface area (Å²) >= 11 is 5.38. The Morgan fingerprint density at radius 1 is 1.59 bits per heavy atom. The van der Waals surface area contributed by atoms with Crippen molar-refractivity contribution in [3.63, 3.8) is 0 Å². The number of hydrogen-bond donors (Lipinski definition) is 1. The molecule has 1 unspecified atom stereocenters. The molecule has 4 heteroatoms. The maximum atomic E-state index is 3.68. The summed E-state index contributed by atoms with van der Waals surface area (Å²) in [5.41, 5.74) is 0.283. The minimum Gasteiger partial charge on any atom is -0.310 e. The van der Waals surface area contributed by atoms with Crippen molar-refractivity contribution in [1.29, 1.82) is 0 Å². The molecule has 0 aliphatic carbocycles. The fourth-order valence-electron chi connectivity index (χ4n) is 2.35. The molecule has 96 valence electrons. The van der Waals surface area contributed by atoms with E-state index in [1.807, 2.05) is 11.3 Å². The highest BCUT2D eigenvalue weighted by molar-refractivity contribution is 9.10. The molecular formula is C13H21BrN2S. The van der Waals surface area contributed by atoms with Crippen molar-refractivity contribution < 1.29 is 0 Å². The van der Waals surface area contributed by atoms with Gasteiger partial charge in [0.15, 0.2) is 0 Å². The van der Waals surface area contributed by atoms with Crippen molar-refractivity contribution in [1.82, 2.24) is 10.2 Å². The molecule has 0 spiro atoms. The van der Waals surface area contributed by atoms with Crippen LogP contribution in [0.3, 0.4) is 0 Å². The van der Waals surface area contributed by atoms with E-state index in [2.05, 4.69) is 51.4 Å². The van der Waals surface area contributed by atoms with Crippen molar-refractivity contribution >= 4 is 27.3 Å². The highest BCUT2D eigenvalue weighted by atomic mass is 79.9. The van der Waals surface area contributed by atoms with Gasteiger partial charge in [-0.15, -0.1) is 11.3 Å². The summed E-state index contributed by atoms with van der Waals surface area (Å²) in [6.07, 6.45) is 2.44. The van der Waals surface area contributed by atoms with Gasteiger partial charge in [-0.25, -0.2) is 0 Å². The van der Waals surface area contributed by atoms with Gasteiger partial charge in [-0.3, -0.25) is 4.90 Å². The Kier molecular flexibility index (Phi) is 4.64. The molecular weight excluding hydrogens is 296 g/mol. The molecule has 0 radical (unpaired) electrons. The molecule has 1 aliphatic rings. The van der Waals surface area contributed by atoms with Gasteiger partial charge < -0.3 is 5.32 Å². The molecule has 1 fully saturated rings. The fourth-order valence-corrected chi connectivity index (χ4v) is 3.84. The van der Waals surface area contributed by atoms with E-state index in [0.29, 0.717) is 0 Å². The lowest BCUT2D eigenvalue weighted by atomic mass is 9.98. The number of nitrogens with zero attached hydrogens (tertiary/aromatic N) is 1. The van der Waals surface area contributed by atoms with Crippen molar-refractivity contribution in [3.8, 4) is 0 Å². The molecule has 1 N–H and O–H groups in total. The topological polar surface area (TPSA) is 15.3 Å². The van der Waals surface area contributed by atoms with Gasteiger partial charge in [0.25, 0.3) is 0 Å². The molecule has 1 aromatic heterocycles. The third-order valence-corrected chi connectivity index (χ3v) is 5.24. The summed E-state index contributed by atoms with van der Waals surface area (Å²) in [6.45, 7) is 9.22. The molecule has 2 heterocycles. The first-order valence-electron chi connectivity index (χ1n) is 6.31. The number of thiophene rings is 1. The normalized spacial score (nSPS) is 27.0. The standard InChI is InChI=1S/C13H21BrN2S/c1-3-13(2)10-16(6-4-5-15-13)8-12-7-11(14)9-17-12/h7,9,15H,3-6,8,10H2,1-2H3. The quantitative estimate of drug-likeness (QED) is 0.918. The summed E-state index contributed by atoms with van der Waals surface area (Å²) in [7, 11) is 0. The smallest absolute Gasteiger partial charge is 0.0329 e. The Labute approximate surface area is 117 Å². The van der Waals surface area contributed by atoms with Crippen LogP contribution in [0.2, 0.25) is 0 Å². The molecule has 0 saturated carbocycles.